The smallest absolute Gasteiger partial charge is 0.109 e. The number of hydrogen-bond donors (Lipinski definition) is 1. The van der Waals surface area contributed by atoms with Crippen LogP contribution >= 0.6 is 0 Å². The summed E-state index contributed by atoms with van der Waals surface area (Å²) in [4.78, 5) is 0. The lowest BCUT2D eigenvalue weighted by molar-refractivity contribution is -0.0774. The van der Waals surface area contributed by atoms with Crippen LogP contribution < -0.4 is 0 Å². The predicted octanol–water partition coefficient (Wildman–Crippen LogP) is 7.70. The predicted molar refractivity (Wildman–Crippen MR) is 140 cm³/mol. The summed E-state index contributed by atoms with van der Waals surface area (Å²) in [5, 5.41) is 13.1. The first-order chi connectivity index (χ1) is 16.5. The fourth-order valence-electron chi connectivity index (χ4n) is 7.31. The molecule has 34 heavy (non-hydrogen) atoms. The third-order valence-electron chi connectivity index (χ3n) is 8.70. The summed E-state index contributed by atoms with van der Waals surface area (Å²) in [6.45, 7) is 4.60. The van der Waals surface area contributed by atoms with Crippen molar-refractivity contribution in [2.45, 2.75) is 31.8 Å². The molecule has 4 aromatic rings. The van der Waals surface area contributed by atoms with Gasteiger partial charge >= 0.3 is 0 Å². The van der Waals surface area contributed by atoms with Crippen LogP contribution in [-0.2, 0) is 5.60 Å². The van der Waals surface area contributed by atoms with E-state index in [4.69, 9.17) is 0 Å². The highest BCUT2D eigenvalue weighted by Crippen LogP contribution is 2.81. The molecule has 0 radical (unpaired) electrons. The van der Waals surface area contributed by atoms with Crippen molar-refractivity contribution in [3.05, 3.63) is 144 Å². The van der Waals surface area contributed by atoms with Crippen molar-refractivity contribution in [2.75, 3.05) is 0 Å². The zero-order valence-electron chi connectivity index (χ0n) is 19.8. The molecule has 2 aliphatic rings. The Kier molecular flexibility index (Phi) is 4.69. The minimum Gasteiger partial charge on any atom is -0.383 e. The molecule has 6 rings (SSSR count). The van der Waals surface area contributed by atoms with Gasteiger partial charge in [0.1, 0.15) is 5.60 Å². The molecule has 4 atom stereocenters. The van der Waals surface area contributed by atoms with Gasteiger partial charge in [0, 0.05) is 10.8 Å². The molecule has 0 aromatic heterocycles. The van der Waals surface area contributed by atoms with Crippen LogP contribution in [0.4, 0.5) is 0 Å². The Balaban J connectivity index is 1.73. The normalized spacial score (nSPS) is 30.0. The molecule has 1 nitrogen and oxygen atoms in total. The minimum absolute atomic E-state index is 0.187. The molecule has 168 valence electrons. The van der Waals surface area contributed by atoms with E-state index in [1.807, 2.05) is 6.07 Å². The van der Waals surface area contributed by atoms with E-state index in [2.05, 4.69) is 129 Å². The maximum Gasteiger partial charge on any atom is 0.109 e. The van der Waals surface area contributed by atoms with E-state index in [9.17, 15) is 5.11 Å². The van der Waals surface area contributed by atoms with Crippen molar-refractivity contribution in [3.8, 4) is 0 Å². The van der Waals surface area contributed by atoms with Gasteiger partial charge < -0.3 is 5.11 Å². The molecule has 0 aliphatic heterocycles. The Hall–Kier alpha value is -3.42. The second kappa shape index (κ2) is 7.55. The molecule has 1 saturated carbocycles. The summed E-state index contributed by atoms with van der Waals surface area (Å²) in [6.07, 6.45) is 0.888. The van der Waals surface area contributed by atoms with Gasteiger partial charge in [-0.2, -0.15) is 0 Å². The first-order valence-corrected chi connectivity index (χ1v) is 12.2. The first-order valence-electron chi connectivity index (χ1n) is 12.2. The van der Waals surface area contributed by atoms with Crippen molar-refractivity contribution in [1.82, 2.24) is 0 Å². The molecule has 1 N–H and O–H groups in total. The van der Waals surface area contributed by atoms with E-state index < -0.39 is 16.4 Å². The van der Waals surface area contributed by atoms with Gasteiger partial charge in [0.15, 0.2) is 0 Å². The van der Waals surface area contributed by atoms with Crippen molar-refractivity contribution in [3.63, 3.8) is 0 Å². The van der Waals surface area contributed by atoms with Crippen molar-refractivity contribution in [2.24, 2.45) is 10.8 Å². The SMILES string of the molecule is C[C@]12C(c3ccccc3)=C(c3ccccc3)[C@@](C)(C[C@@H]1c1ccccc1)[C@@]2(O)c1ccccc1. The molecule has 0 saturated heterocycles. The summed E-state index contributed by atoms with van der Waals surface area (Å²) in [5.41, 5.74) is 5.21. The van der Waals surface area contributed by atoms with Crippen molar-refractivity contribution >= 4 is 11.1 Å². The van der Waals surface area contributed by atoms with E-state index in [0.717, 1.165) is 12.0 Å². The average Bonchev–Trinajstić information content (AvgIpc) is 3.18. The number of hydrogen-bond acceptors (Lipinski definition) is 1. The van der Waals surface area contributed by atoms with Crippen LogP contribution in [-0.4, -0.2) is 5.11 Å². The van der Waals surface area contributed by atoms with Gasteiger partial charge in [-0.1, -0.05) is 135 Å². The Morgan fingerprint density at radius 3 is 1.56 bits per heavy atom. The Labute approximate surface area is 202 Å². The number of rotatable bonds is 4. The zero-order valence-corrected chi connectivity index (χ0v) is 19.8. The fraction of sp³-hybridized carbons (Fsp3) is 0.212. The fourth-order valence-corrected chi connectivity index (χ4v) is 7.31. The van der Waals surface area contributed by atoms with Gasteiger partial charge in [-0.25, -0.2) is 0 Å². The monoisotopic (exact) mass is 442 g/mol. The number of benzene rings is 4. The third-order valence-corrected chi connectivity index (χ3v) is 8.70. The standard InChI is InChI=1S/C33H30O/c1-31-23-28(24-15-7-3-8-16-24)32(2,33(31,34)27-21-13-6-14-22-27)30(26-19-11-5-12-20-26)29(31)25-17-9-4-10-18-25/h3-22,28,34H,23H2,1-2H3/t28-,31-,32-,33+/m1/s1. The number of aliphatic hydroxyl groups is 1. The molecule has 0 heterocycles. The summed E-state index contributed by atoms with van der Waals surface area (Å²) < 4.78 is 0. The van der Waals surface area contributed by atoms with E-state index in [0.29, 0.717) is 0 Å². The Bertz CT molecular complexity index is 1340. The lowest BCUT2D eigenvalue weighted by Crippen LogP contribution is -2.46. The molecule has 2 bridgehead atoms. The molecule has 2 aliphatic carbocycles. The molecule has 1 fully saturated rings. The third kappa shape index (κ3) is 2.59. The van der Waals surface area contributed by atoms with Crippen molar-refractivity contribution < 1.29 is 5.11 Å². The van der Waals surface area contributed by atoms with Crippen molar-refractivity contribution in [1.29, 1.82) is 0 Å². The molecular formula is C33H30O. The van der Waals surface area contributed by atoms with Crippen LogP contribution in [0.25, 0.3) is 11.1 Å². The Morgan fingerprint density at radius 2 is 1.03 bits per heavy atom. The maximum atomic E-state index is 13.1. The largest absolute Gasteiger partial charge is 0.383 e. The molecule has 4 aromatic carbocycles. The van der Waals surface area contributed by atoms with Crippen LogP contribution in [0.1, 0.15) is 48.4 Å². The topological polar surface area (TPSA) is 20.2 Å². The van der Waals surface area contributed by atoms with Gasteiger partial charge in [0.05, 0.1) is 0 Å². The van der Waals surface area contributed by atoms with Gasteiger partial charge in [0.2, 0.25) is 0 Å². The van der Waals surface area contributed by atoms with Crippen LogP contribution in [0.5, 0.6) is 0 Å². The molecule has 1 heteroatoms. The lowest BCUT2D eigenvalue weighted by Gasteiger charge is -2.45. The van der Waals surface area contributed by atoms with Gasteiger partial charge in [-0.3, -0.25) is 0 Å². The van der Waals surface area contributed by atoms with E-state index >= 15 is 0 Å². The van der Waals surface area contributed by atoms with E-state index in [1.54, 1.807) is 0 Å². The summed E-state index contributed by atoms with van der Waals surface area (Å²) >= 11 is 0. The average molecular weight is 443 g/mol. The summed E-state index contributed by atoms with van der Waals surface area (Å²) in [5.74, 6) is 0.187. The molecule has 0 spiro atoms. The Morgan fingerprint density at radius 1 is 0.588 bits per heavy atom. The second-order valence-corrected chi connectivity index (χ2v) is 10.3. The second-order valence-electron chi connectivity index (χ2n) is 10.3. The van der Waals surface area contributed by atoms with Crippen LogP contribution in [0, 0.1) is 10.8 Å². The molecule has 0 amide bonds. The lowest BCUT2D eigenvalue weighted by atomic mass is 9.62. The van der Waals surface area contributed by atoms with Crippen LogP contribution in [0.15, 0.2) is 121 Å². The van der Waals surface area contributed by atoms with Crippen LogP contribution in [0.2, 0.25) is 0 Å². The quantitative estimate of drug-likeness (QED) is 0.343. The molecule has 0 unspecified atom stereocenters. The van der Waals surface area contributed by atoms with Crippen LogP contribution in [0.3, 0.4) is 0 Å². The maximum absolute atomic E-state index is 13.1. The van der Waals surface area contributed by atoms with Gasteiger partial charge in [-0.05, 0) is 45.7 Å². The number of fused-ring (bicyclic) bond motifs is 2. The van der Waals surface area contributed by atoms with Gasteiger partial charge in [-0.15, -0.1) is 0 Å². The summed E-state index contributed by atoms with van der Waals surface area (Å²) in [7, 11) is 0. The highest BCUT2D eigenvalue weighted by Gasteiger charge is 2.75. The highest BCUT2D eigenvalue weighted by molar-refractivity contribution is 6.02. The van der Waals surface area contributed by atoms with Gasteiger partial charge in [0.25, 0.3) is 0 Å². The minimum atomic E-state index is -1.06. The highest BCUT2D eigenvalue weighted by atomic mass is 16.3. The zero-order chi connectivity index (χ0) is 23.4. The summed E-state index contributed by atoms with van der Waals surface area (Å²) in [6, 6.07) is 42.6. The first kappa shape index (κ1) is 21.1. The molecular weight excluding hydrogens is 412 g/mol. The van der Waals surface area contributed by atoms with E-state index in [-0.39, 0.29) is 5.92 Å². The van der Waals surface area contributed by atoms with E-state index in [1.165, 1.54) is 27.8 Å².